The summed E-state index contributed by atoms with van der Waals surface area (Å²) in [6.07, 6.45) is 2.03. The van der Waals surface area contributed by atoms with E-state index in [9.17, 15) is 0 Å². The first kappa shape index (κ1) is 8.51. The molecule has 1 heterocycles. The molecule has 0 aromatic carbocycles. The van der Waals surface area contributed by atoms with Gasteiger partial charge in [0.15, 0.2) is 0 Å². The smallest absolute Gasteiger partial charge is 0.119 e. The summed E-state index contributed by atoms with van der Waals surface area (Å²) in [7, 11) is 1.85. The number of nitrogens with one attached hydrogen (secondary N) is 2. The third-order valence-electron chi connectivity index (χ3n) is 2.45. The Hall–Kier alpha value is -0.590. The molecule has 0 bridgehead atoms. The van der Waals surface area contributed by atoms with E-state index in [2.05, 4.69) is 23.6 Å². The molecule has 0 radical (unpaired) electrons. The largest absolute Gasteiger partial charge is 0.311 e. The predicted octanol–water partition coefficient (Wildman–Crippen LogP) is 0.240. The summed E-state index contributed by atoms with van der Waals surface area (Å²) in [5.41, 5.74) is -0.313. The van der Waals surface area contributed by atoms with Crippen molar-refractivity contribution in [2.24, 2.45) is 0 Å². The predicted molar refractivity (Wildman–Crippen MR) is 44.1 cm³/mol. The number of nitrogens with zero attached hydrogens (tertiary/aromatic N) is 1. The zero-order valence-corrected chi connectivity index (χ0v) is 7.15. The first-order valence-electron chi connectivity index (χ1n) is 4.06. The van der Waals surface area contributed by atoms with Gasteiger partial charge in [-0.2, -0.15) is 5.26 Å². The van der Waals surface area contributed by atoms with Crippen LogP contribution in [0.15, 0.2) is 0 Å². The molecule has 2 N–H and O–H groups in total. The highest BCUT2D eigenvalue weighted by molar-refractivity contribution is 5.10. The van der Waals surface area contributed by atoms with Crippen LogP contribution in [0.1, 0.15) is 19.8 Å². The SMILES string of the molecule is CNC1(C#N)CCC(C)NC1. The Morgan fingerprint density at radius 3 is 2.82 bits per heavy atom. The molecule has 1 saturated heterocycles. The molecule has 0 aliphatic carbocycles. The average Bonchev–Trinajstić information content (AvgIpc) is 2.07. The summed E-state index contributed by atoms with van der Waals surface area (Å²) < 4.78 is 0. The zero-order valence-electron chi connectivity index (χ0n) is 7.15. The van der Waals surface area contributed by atoms with Gasteiger partial charge in [0, 0.05) is 12.6 Å². The van der Waals surface area contributed by atoms with Crippen LogP contribution in [0.4, 0.5) is 0 Å². The summed E-state index contributed by atoms with van der Waals surface area (Å²) in [5, 5.41) is 15.2. The lowest BCUT2D eigenvalue weighted by Crippen LogP contribution is -2.55. The summed E-state index contributed by atoms with van der Waals surface area (Å²) in [4.78, 5) is 0. The van der Waals surface area contributed by atoms with Crippen LogP contribution in [0, 0.1) is 11.3 Å². The Balaban J connectivity index is 2.54. The lowest BCUT2D eigenvalue weighted by atomic mass is 9.89. The van der Waals surface area contributed by atoms with E-state index in [4.69, 9.17) is 5.26 Å². The van der Waals surface area contributed by atoms with Gasteiger partial charge in [-0.15, -0.1) is 0 Å². The van der Waals surface area contributed by atoms with Gasteiger partial charge in [0.05, 0.1) is 6.07 Å². The lowest BCUT2D eigenvalue weighted by Gasteiger charge is -2.34. The van der Waals surface area contributed by atoms with Crippen molar-refractivity contribution in [3.05, 3.63) is 0 Å². The van der Waals surface area contributed by atoms with E-state index in [0.29, 0.717) is 6.04 Å². The number of hydrogen-bond donors (Lipinski definition) is 2. The molecular formula is C8H15N3. The molecule has 0 spiro atoms. The van der Waals surface area contributed by atoms with Crippen LogP contribution in [-0.2, 0) is 0 Å². The maximum Gasteiger partial charge on any atom is 0.119 e. The summed E-state index contributed by atoms with van der Waals surface area (Å²) >= 11 is 0. The molecule has 11 heavy (non-hydrogen) atoms. The van der Waals surface area contributed by atoms with Crippen LogP contribution in [0.5, 0.6) is 0 Å². The normalized spacial score (nSPS) is 38.1. The van der Waals surface area contributed by atoms with Crippen molar-refractivity contribution in [2.75, 3.05) is 13.6 Å². The van der Waals surface area contributed by atoms with Crippen LogP contribution < -0.4 is 10.6 Å². The quantitative estimate of drug-likeness (QED) is 0.567. The third kappa shape index (κ3) is 1.70. The van der Waals surface area contributed by atoms with Crippen molar-refractivity contribution in [3.63, 3.8) is 0 Å². The topological polar surface area (TPSA) is 47.9 Å². The van der Waals surface area contributed by atoms with E-state index in [-0.39, 0.29) is 5.54 Å². The Labute approximate surface area is 67.8 Å². The summed E-state index contributed by atoms with van der Waals surface area (Å²) in [6, 6.07) is 2.87. The van der Waals surface area contributed by atoms with Gasteiger partial charge in [-0.1, -0.05) is 0 Å². The number of likely N-dealkylation sites (N-methyl/N-ethyl adjacent to an activating group) is 1. The van der Waals surface area contributed by atoms with E-state index < -0.39 is 0 Å². The second-order valence-corrected chi connectivity index (χ2v) is 3.26. The van der Waals surface area contributed by atoms with Gasteiger partial charge in [0.25, 0.3) is 0 Å². The number of rotatable bonds is 1. The maximum absolute atomic E-state index is 8.88. The molecular weight excluding hydrogens is 138 g/mol. The highest BCUT2D eigenvalue weighted by Crippen LogP contribution is 2.17. The van der Waals surface area contributed by atoms with Gasteiger partial charge < -0.3 is 10.6 Å². The monoisotopic (exact) mass is 153 g/mol. The Morgan fingerprint density at radius 1 is 1.73 bits per heavy atom. The van der Waals surface area contributed by atoms with Crippen molar-refractivity contribution in [1.82, 2.24) is 10.6 Å². The molecule has 1 rings (SSSR count). The van der Waals surface area contributed by atoms with E-state index in [1.807, 2.05) is 7.05 Å². The molecule has 0 aromatic rings. The lowest BCUT2D eigenvalue weighted by molar-refractivity contribution is 0.292. The highest BCUT2D eigenvalue weighted by Gasteiger charge is 2.31. The van der Waals surface area contributed by atoms with Gasteiger partial charge >= 0.3 is 0 Å². The second-order valence-electron chi connectivity index (χ2n) is 3.26. The Morgan fingerprint density at radius 2 is 2.45 bits per heavy atom. The zero-order chi connectivity index (χ0) is 8.32. The van der Waals surface area contributed by atoms with Crippen molar-refractivity contribution < 1.29 is 0 Å². The van der Waals surface area contributed by atoms with Crippen molar-refractivity contribution in [2.45, 2.75) is 31.3 Å². The highest BCUT2D eigenvalue weighted by atomic mass is 15.0. The van der Waals surface area contributed by atoms with Crippen LogP contribution >= 0.6 is 0 Å². The molecule has 2 atom stereocenters. The number of nitriles is 1. The first-order valence-corrected chi connectivity index (χ1v) is 4.06. The van der Waals surface area contributed by atoms with Crippen LogP contribution in [-0.4, -0.2) is 25.2 Å². The molecule has 3 heteroatoms. The summed E-state index contributed by atoms with van der Waals surface area (Å²) in [6.45, 7) is 2.91. The minimum absolute atomic E-state index is 0.313. The fourth-order valence-corrected chi connectivity index (χ4v) is 1.37. The fraction of sp³-hybridized carbons (Fsp3) is 0.875. The minimum atomic E-state index is -0.313. The fourth-order valence-electron chi connectivity index (χ4n) is 1.37. The standard InChI is InChI=1S/C8H15N3/c1-7-3-4-8(5-9,10-2)6-11-7/h7,10-11H,3-4,6H2,1-2H3. The molecule has 3 nitrogen and oxygen atoms in total. The molecule has 1 aliphatic heterocycles. The molecule has 1 aliphatic rings. The van der Waals surface area contributed by atoms with Gasteiger partial charge in [0.2, 0.25) is 0 Å². The van der Waals surface area contributed by atoms with E-state index in [1.54, 1.807) is 0 Å². The summed E-state index contributed by atoms with van der Waals surface area (Å²) in [5.74, 6) is 0. The number of piperidine rings is 1. The van der Waals surface area contributed by atoms with Gasteiger partial charge in [-0.3, -0.25) is 0 Å². The van der Waals surface area contributed by atoms with Gasteiger partial charge in [0.1, 0.15) is 5.54 Å². The third-order valence-corrected chi connectivity index (χ3v) is 2.45. The first-order chi connectivity index (χ1) is 5.22. The molecule has 0 saturated carbocycles. The Kier molecular flexibility index (Phi) is 2.48. The van der Waals surface area contributed by atoms with Crippen LogP contribution in [0.3, 0.4) is 0 Å². The van der Waals surface area contributed by atoms with Crippen molar-refractivity contribution in [1.29, 1.82) is 5.26 Å². The number of hydrogen-bond acceptors (Lipinski definition) is 3. The van der Waals surface area contributed by atoms with E-state index in [1.165, 1.54) is 0 Å². The van der Waals surface area contributed by atoms with Crippen LogP contribution in [0.2, 0.25) is 0 Å². The maximum atomic E-state index is 8.88. The molecule has 1 fully saturated rings. The molecule has 2 unspecified atom stereocenters. The van der Waals surface area contributed by atoms with Crippen molar-refractivity contribution >= 4 is 0 Å². The Bertz CT molecular complexity index is 163. The van der Waals surface area contributed by atoms with E-state index in [0.717, 1.165) is 19.4 Å². The van der Waals surface area contributed by atoms with Crippen molar-refractivity contribution in [3.8, 4) is 6.07 Å². The molecule has 0 aromatic heterocycles. The molecule has 0 amide bonds. The average molecular weight is 153 g/mol. The van der Waals surface area contributed by atoms with Gasteiger partial charge in [-0.25, -0.2) is 0 Å². The van der Waals surface area contributed by atoms with Crippen LogP contribution in [0.25, 0.3) is 0 Å². The van der Waals surface area contributed by atoms with Gasteiger partial charge in [-0.05, 0) is 26.8 Å². The molecule has 62 valence electrons. The minimum Gasteiger partial charge on any atom is -0.311 e. The van der Waals surface area contributed by atoms with E-state index >= 15 is 0 Å². The second kappa shape index (κ2) is 3.21.